The summed E-state index contributed by atoms with van der Waals surface area (Å²) in [7, 11) is -0.470. The summed E-state index contributed by atoms with van der Waals surface area (Å²) < 4.78 is 28.3. The Balaban J connectivity index is 2.00. The van der Waals surface area contributed by atoms with Crippen LogP contribution in [0.1, 0.15) is 30.9 Å². The second kappa shape index (κ2) is 8.99. The molecule has 2 aromatic carbocycles. The highest BCUT2D eigenvalue weighted by Gasteiger charge is 2.20. The molecular weight excluding hydrogens is 404 g/mol. The van der Waals surface area contributed by atoms with Gasteiger partial charge in [-0.05, 0) is 36.2 Å². The molecule has 6 nitrogen and oxygen atoms in total. The normalized spacial score (nSPS) is 11.8. The number of aromatic nitrogens is 2. The molecule has 152 valence electrons. The van der Waals surface area contributed by atoms with Crippen molar-refractivity contribution in [3.05, 3.63) is 53.6 Å². The van der Waals surface area contributed by atoms with E-state index in [0.717, 1.165) is 35.6 Å². The fraction of sp³-hybridized carbons (Fsp3) is 0.333. The third-order valence-electron chi connectivity index (χ3n) is 4.69. The summed E-state index contributed by atoms with van der Waals surface area (Å²) in [4.78, 5) is 4.97. The second-order valence-electron chi connectivity index (χ2n) is 6.90. The lowest BCUT2D eigenvalue weighted by Crippen LogP contribution is -2.22. The largest absolute Gasteiger partial charge is 0.319 e. The van der Waals surface area contributed by atoms with Crippen molar-refractivity contribution >= 4 is 32.8 Å². The van der Waals surface area contributed by atoms with Crippen LogP contribution in [-0.2, 0) is 22.3 Å². The van der Waals surface area contributed by atoms with Crippen molar-refractivity contribution in [3.63, 3.8) is 0 Å². The van der Waals surface area contributed by atoms with Crippen molar-refractivity contribution in [3.8, 4) is 6.07 Å². The van der Waals surface area contributed by atoms with E-state index in [1.165, 1.54) is 18.4 Å². The van der Waals surface area contributed by atoms with Gasteiger partial charge in [-0.15, -0.1) is 0 Å². The van der Waals surface area contributed by atoms with Gasteiger partial charge in [0, 0.05) is 26.4 Å². The molecule has 0 aliphatic heterocycles. The van der Waals surface area contributed by atoms with E-state index >= 15 is 0 Å². The van der Waals surface area contributed by atoms with Crippen LogP contribution in [0.5, 0.6) is 0 Å². The van der Waals surface area contributed by atoms with Gasteiger partial charge in [0.15, 0.2) is 5.16 Å². The number of nitrogens with zero attached hydrogens (tertiary/aromatic N) is 4. The smallest absolute Gasteiger partial charge is 0.242 e. The molecule has 0 saturated carbocycles. The predicted molar refractivity (Wildman–Crippen MR) is 116 cm³/mol. The lowest BCUT2D eigenvalue weighted by molar-refractivity contribution is 0.521. The van der Waals surface area contributed by atoms with Crippen LogP contribution < -0.4 is 0 Å². The maximum absolute atomic E-state index is 12.5. The molecule has 0 bridgehead atoms. The molecule has 0 aliphatic carbocycles. The Morgan fingerprint density at radius 3 is 2.66 bits per heavy atom. The quantitative estimate of drug-likeness (QED) is 0.501. The highest BCUT2D eigenvalue weighted by atomic mass is 32.2. The zero-order valence-corrected chi connectivity index (χ0v) is 18.4. The Labute approximate surface area is 176 Å². The summed E-state index contributed by atoms with van der Waals surface area (Å²) in [5, 5.41) is 10.1. The standard InChI is InChI=1S/C21H24N4O2S2/c1-4-5-12-25-20-11-10-18(29(26,27)24(2)3)13-19(20)23-21(25)28-15-17-9-7-6-8-16(17)14-22/h6-11,13H,4-5,12,15H2,1-3H3. The first-order chi connectivity index (χ1) is 13.9. The van der Waals surface area contributed by atoms with Crippen molar-refractivity contribution in [2.45, 2.75) is 42.1 Å². The number of unbranched alkanes of at least 4 members (excludes halogenated alkanes) is 1. The van der Waals surface area contributed by atoms with Gasteiger partial charge >= 0.3 is 0 Å². The van der Waals surface area contributed by atoms with Crippen molar-refractivity contribution in [2.75, 3.05) is 14.1 Å². The molecule has 3 aromatic rings. The first-order valence-corrected chi connectivity index (χ1v) is 11.8. The number of benzene rings is 2. The zero-order chi connectivity index (χ0) is 21.0. The van der Waals surface area contributed by atoms with Gasteiger partial charge in [0.05, 0.1) is 27.6 Å². The van der Waals surface area contributed by atoms with Gasteiger partial charge in [-0.2, -0.15) is 5.26 Å². The average molecular weight is 429 g/mol. The number of sulfonamides is 1. The van der Waals surface area contributed by atoms with Crippen molar-refractivity contribution in [1.29, 1.82) is 5.26 Å². The van der Waals surface area contributed by atoms with E-state index in [1.54, 1.807) is 23.9 Å². The minimum absolute atomic E-state index is 0.238. The molecule has 0 aliphatic rings. The number of aryl methyl sites for hydroxylation is 1. The molecule has 0 radical (unpaired) electrons. The summed E-state index contributed by atoms with van der Waals surface area (Å²) in [6, 6.07) is 14.9. The second-order valence-corrected chi connectivity index (χ2v) is 9.99. The summed E-state index contributed by atoms with van der Waals surface area (Å²) in [6.45, 7) is 2.95. The highest BCUT2D eigenvalue weighted by molar-refractivity contribution is 7.98. The number of nitriles is 1. The lowest BCUT2D eigenvalue weighted by Gasteiger charge is -2.11. The molecule has 1 aromatic heterocycles. The van der Waals surface area contributed by atoms with Crippen LogP contribution in [0.3, 0.4) is 0 Å². The molecule has 1 heterocycles. The van der Waals surface area contributed by atoms with Crippen molar-refractivity contribution in [2.24, 2.45) is 0 Å². The summed E-state index contributed by atoms with van der Waals surface area (Å²) in [6.07, 6.45) is 2.06. The maximum Gasteiger partial charge on any atom is 0.242 e. The number of fused-ring (bicyclic) bond motifs is 1. The molecule has 0 saturated heterocycles. The fourth-order valence-electron chi connectivity index (χ4n) is 3.00. The Morgan fingerprint density at radius 2 is 1.97 bits per heavy atom. The van der Waals surface area contributed by atoms with E-state index in [4.69, 9.17) is 4.98 Å². The molecule has 0 fully saturated rings. The van der Waals surface area contributed by atoms with Crippen LogP contribution in [0, 0.1) is 11.3 Å². The van der Waals surface area contributed by atoms with E-state index < -0.39 is 10.0 Å². The van der Waals surface area contributed by atoms with Gasteiger partial charge in [-0.3, -0.25) is 0 Å². The Kier molecular flexibility index (Phi) is 6.63. The SMILES string of the molecule is CCCCn1c(SCc2ccccc2C#N)nc2cc(S(=O)(=O)N(C)C)ccc21. The minimum Gasteiger partial charge on any atom is -0.319 e. The van der Waals surface area contributed by atoms with Crippen LogP contribution >= 0.6 is 11.8 Å². The lowest BCUT2D eigenvalue weighted by atomic mass is 10.1. The number of thioether (sulfide) groups is 1. The van der Waals surface area contributed by atoms with Gasteiger partial charge in [0.25, 0.3) is 0 Å². The molecule has 29 heavy (non-hydrogen) atoms. The average Bonchev–Trinajstić information content (AvgIpc) is 3.07. The molecule has 0 atom stereocenters. The molecular formula is C21H24N4O2S2. The van der Waals surface area contributed by atoms with Gasteiger partial charge in [0.1, 0.15) is 0 Å². The van der Waals surface area contributed by atoms with Crippen molar-refractivity contribution < 1.29 is 8.42 Å². The number of rotatable bonds is 8. The van der Waals surface area contributed by atoms with Gasteiger partial charge in [-0.25, -0.2) is 17.7 Å². The van der Waals surface area contributed by atoms with Crippen LogP contribution in [-0.4, -0.2) is 36.4 Å². The summed E-state index contributed by atoms with van der Waals surface area (Å²) >= 11 is 1.57. The molecule has 0 spiro atoms. The Bertz CT molecular complexity index is 1160. The Hall–Kier alpha value is -2.34. The van der Waals surface area contributed by atoms with Gasteiger partial charge in [-0.1, -0.05) is 43.3 Å². The van der Waals surface area contributed by atoms with E-state index in [-0.39, 0.29) is 4.90 Å². The first-order valence-electron chi connectivity index (χ1n) is 9.42. The number of hydrogen-bond donors (Lipinski definition) is 0. The van der Waals surface area contributed by atoms with E-state index in [9.17, 15) is 13.7 Å². The topological polar surface area (TPSA) is 79.0 Å². The molecule has 0 unspecified atom stereocenters. The van der Waals surface area contributed by atoms with E-state index in [2.05, 4.69) is 17.6 Å². The Morgan fingerprint density at radius 1 is 1.21 bits per heavy atom. The number of hydrogen-bond acceptors (Lipinski definition) is 5. The van der Waals surface area contributed by atoms with Gasteiger partial charge < -0.3 is 4.57 Å². The van der Waals surface area contributed by atoms with Crippen LogP contribution in [0.15, 0.2) is 52.5 Å². The molecule has 0 amide bonds. The van der Waals surface area contributed by atoms with Crippen LogP contribution in [0.4, 0.5) is 0 Å². The zero-order valence-electron chi connectivity index (χ0n) is 16.8. The van der Waals surface area contributed by atoms with E-state index in [1.807, 2.05) is 30.3 Å². The van der Waals surface area contributed by atoms with Gasteiger partial charge in [0.2, 0.25) is 10.0 Å². The predicted octanol–water partition coefficient (Wildman–Crippen LogP) is 4.25. The molecule has 3 rings (SSSR count). The minimum atomic E-state index is -3.51. The maximum atomic E-state index is 12.5. The van der Waals surface area contributed by atoms with Crippen LogP contribution in [0.2, 0.25) is 0 Å². The summed E-state index contributed by atoms with van der Waals surface area (Å²) in [5.74, 6) is 0.627. The van der Waals surface area contributed by atoms with Crippen molar-refractivity contribution in [1.82, 2.24) is 13.9 Å². The monoisotopic (exact) mass is 428 g/mol. The number of imidazole rings is 1. The third-order valence-corrected chi connectivity index (χ3v) is 7.53. The fourth-order valence-corrected chi connectivity index (χ4v) is 4.97. The molecule has 8 heteroatoms. The third kappa shape index (κ3) is 4.47. The molecule has 0 N–H and O–H groups in total. The first kappa shape index (κ1) is 21.4. The van der Waals surface area contributed by atoms with E-state index in [0.29, 0.717) is 16.8 Å². The van der Waals surface area contributed by atoms with Crippen LogP contribution in [0.25, 0.3) is 11.0 Å². The summed E-state index contributed by atoms with van der Waals surface area (Å²) in [5.41, 5.74) is 3.22. The highest BCUT2D eigenvalue weighted by Crippen LogP contribution is 2.30.